The second-order valence-corrected chi connectivity index (χ2v) is 8.78. The van der Waals surface area contributed by atoms with Crippen LogP contribution in [0.4, 0.5) is 14.9 Å². The maximum Gasteiger partial charge on any atom is 0.408 e. The van der Waals surface area contributed by atoms with Gasteiger partial charge in [0.15, 0.2) is 11.6 Å². The van der Waals surface area contributed by atoms with Crippen LogP contribution < -0.4 is 15.4 Å². The van der Waals surface area contributed by atoms with Crippen LogP contribution >= 0.6 is 0 Å². The first-order valence-electron chi connectivity index (χ1n) is 8.97. The highest BCUT2D eigenvalue weighted by atomic mass is 32.2. The highest BCUT2D eigenvalue weighted by Crippen LogP contribution is 2.20. The molecule has 0 aliphatic carbocycles. The molecule has 162 valence electrons. The maximum absolute atomic E-state index is 13.8. The molecule has 0 radical (unpaired) electrons. The Morgan fingerprint density at radius 1 is 1.13 bits per heavy atom. The molecule has 0 heterocycles. The minimum atomic E-state index is -3.38. The number of ether oxygens (including phenoxy) is 2. The fraction of sp³-hybridized carbons (Fsp3) is 0.300. The van der Waals surface area contributed by atoms with E-state index >= 15 is 0 Å². The predicted molar refractivity (Wildman–Crippen MR) is 109 cm³/mol. The molecule has 0 saturated carbocycles. The lowest BCUT2D eigenvalue weighted by atomic mass is 10.2. The van der Waals surface area contributed by atoms with Crippen LogP contribution in [0.5, 0.6) is 5.75 Å². The first kappa shape index (κ1) is 23.1. The number of nitrogens with one attached hydrogen (secondary N) is 2. The summed E-state index contributed by atoms with van der Waals surface area (Å²) >= 11 is 0. The molecule has 0 aromatic heterocycles. The highest BCUT2D eigenvalue weighted by Gasteiger charge is 2.23. The molecule has 1 unspecified atom stereocenters. The summed E-state index contributed by atoms with van der Waals surface area (Å²) in [5, 5.41) is 4.81. The third kappa shape index (κ3) is 7.70. The summed E-state index contributed by atoms with van der Waals surface area (Å²) in [5.74, 6) is -1.72. The quantitative estimate of drug-likeness (QED) is 0.622. The monoisotopic (exact) mass is 438 g/mol. The molecule has 1 atom stereocenters. The Morgan fingerprint density at radius 3 is 2.43 bits per heavy atom. The summed E-state index contributed by atoms with van der Waals surface area (Å²) in [7, 11) is -2.07. The Bertz CT molecular complexity index is 982. The average molecular weight is 438 g/mol. The Morgan fingerprint density at radius 2 is 1.83 bits per heavy atom. The van der Waals surface area contributed by atoms with Crippen molar-refractivity contribution in [2.45, 2.75) is 19.1 Å². The van der Waals surface area contributed by atoms with E-state index in [1.807, 2.05) is 6.07 Å². The fourth-order valence-electron chi connectivity index (χ4n) is 2.48. The van der Waals surface area contributed by atoms with Crippen LogP contribution in [0.1, 0.15) is 12.0 Å². The number of anilines is 1. The predicted octanol–water partition coefficient (Wildman–Crippen LogP) is 2.50. The summed E-state index contributed by atoms with van der Waals surface area (Å²) in [6.45, 7) is -0.0171. The summed E-state index contributed by atoms with van der Waals surface area (Å²) in [5.41, 5.74) is 0.876. The van der Waals surface area contributed by atoms with E-state index in [2.05, 4.69) is 10.6 Å². The van der Waals surface area contributed by atoms with Crippen LogP contribution in [0.25, 0.3) is 0 Å². The molecule has 10 heteroatoms. The normalized spacial score (nSPS) is 12.0. The molecule has 2 rings (SSSR count). The van der Waals surface area contributed by atoms with Crippen molar-refractivity contribution in [2.24, 2.45) is 0 Å². The van der Waals surface area contributed by atoms with E-state index in [1.165, 1.54) is 19.2 Å². The molecule has 0 spiro atoms. The fourth-order valence-corrected chi connectivity index (χ4v) is 3.15. The number of carbonyl (C=O) groups is 2. The van der Waals surface area contributed by atoms with Gasteiger partial charge in [0.2, 0.25) is 5.91 Å². The molecule has 0 aliphatic heterocycles. The Kier molecular flexibility index (Phi) is 8.16. The van der Waals surface area contributed by atoms with E-state index in [-0.39, 0.29) is 30.2 Å². The standard InChI is InChI=1S/C20H23FN2O6S/c1-28-18-9-8-15(12-16(18)21)22-19(24)17(10-11-30(2,26)27)23-20(25)29-13-14-6-4-3-5-7-14/h3-9,12,17H,10-11,13H2,1-2H3,(H,22,24)(H,23,25). The van der Waals surface area contributed by atoms with Crippen LogP contribution in [0, 0.1) is 5.82 Å². The topological polar surface area (TPSA) is 111 Å². The van der Waals surface area contributed by atoms with Crippen molar-refractivity contribution in [3.63, 3.8) is 0 Å². The second-order valence-electron chi connectivity index (χ2n) is 6.52. The van der Waals surface area contributed by atoms with Gasteiger partial charge in [-0.2, -0.15) is 0 Å². The van der Waals surface area contributed by atoms with Gasteiger partial charge in [-0.25, -0.2) is 17.6 Å². The Hall–Kier alpha value is -3.14. The van der Waals surface area contributed by atoms with Crippen LogP contribution in [0.15, 0.2) is 48.5 Å². The summed E-state index contributed by atoms with van der Waals surface area (Å²) in [6.07, 6.45) is -0.0356. The van der Waals surface area contributed by atoms with Gasteiger partial charge < -0.3 is 20.1 Å². The van der Waals surface area contributed by atoms with Crippen LogP contribution in [0.3, 0.4) is 0 Å². The lowest BCUT2D eigenvalue weighted by molar-refractivity contribution is -0.118. The lowest BCUT2D eigenvalue weighted by Gasteiger charge is -2.18. The van der Waals surface area contributed by atoms with Gasteiger partial charge >= 0.3 is 6.09 Å². The number of methoxy groups -OCH3 is 1. The zero-order chi connectivity index (χ0) is 22.1. The number of rotatable bonds is 9. The van der Waals surface area contributed by atoms with Crippen molar-refractivity contribution in [3.05, 3.63) is 59.9 Å². The molecule has 2 aromatic rings. The average Bonchev–Trinajstić information content (AvgIpc) is 2.69. The van der Waals surface area contributed by atoms with Gasteiger partial charge in [0, 0.05) is 18.0 Å². The van der Waals surface area contributed by atoms with Crippen LogP contribution in [-0.4, -0.2) is 45.6 Å². The van der Waals surface area contributed by atoms with Crippen molar-refractivity contribution >= 4 is 27.5 Å². The maximum atomic E-state index is 13.8. The van der Waals surface area contributed by atoms with E-state index in [4.69, 9.17) is 9.47 Å². The second kappa shape index (κ2) is 10.6. The number of hydrogen-bond donors (Lipinski definition) is 2. The van der Waals surface area contributed by atoms with Crippen LogP contribution in [0.2, 0.25) is 0 Å². The van der Waals surface area contributed by atoms with Gasteiger partial charge in [-0.05, 0) is 24.1 Å². The van der Waals surface area contributed by atoms with Gasteiger partial charge in [0.05, 0.1) is 12.9 Å². The molecule has 8 nitrogen and oxygen atoms in total. The highest BCUT2D eigenvalue weighted by molar-refractivity contribution is 7.90. The number of alkyl carbamates (subject to hydrolysis) is 1. The molecule has 30 heavy (non-hydrogen) atoms. The molecule has 2 amide bonds. The largest absolute Gasteiger partial charge is 0.494 e. The van der Waals surface area contributed by atoms with E-state index < -0.39 is 33.7 Å². The molecular formula is C20H23FN2O6S. The van der Waals surface area contributed by atoms with Gasteiger partial charge in [0.25, 0.3) is 0 Å². The third-order valence-electron chi connectivity index (χ3n) is 4.02. The molecule has 0 aliphatic rings. The number of carbonyl (C=O) groups excluding carboxylic acids is 2. The van der Waals surface area contributed by atoms with Gasteiger partial charge in [-0.3, -0.25) is 4.79 Å². The SMILES string of the molecule is COc1ccc(NC(=O)C(CCS(C)(=O)=O)NC(=O)OCc2ccccc2)cc1F. The van der Waals surface area contributed by atoms with Crippen LogP contribution in [-0.2, 0) is 26.0 Å². The Labute approximate surface area is 174 Å². The summed E-state index contributed by atoms with van der Waals surface area (Å²) in [4.78, 5) is 24.7. The molecule has 0 fully saturated rings. The molecular weight excluding hydrogens is 415 g/mol. The third-order valence-corrected chi connectivity index (χ3v) is 5.00. The first-order chi connectivity index (χ1) is 14.2. The number of halogens is 1. The first-order valence-corrected chi connectivity index (χ1v) is 11.0. The Balaban J connectivity index is 2.04. The van der Waals surface area contributed by atoms with Crippen molar-refractivity contribution in [3.8, 4) is 5.75 Å². The molecule has 0 bridgehead atoms. The number of hydrogen-bond acceptors (Lipinski definition) is 6. The molecule has 2 N–H and O–H groups in total. The number of amides is 2. The summed E-state index contributed by atoms with van der Waals surface area (Å²) in [6, 6.07) is 11.5. The van der Waals surface area contributed by atoms with E-state index in [0.717, 1.165) is 17.9 Å². The van der Waals surface area contributed by atoms with Gasteiger partial charge in [0.1, 0.15) is 22.5 Å². The summed E-state index contributed by atoms with van der Waals surface area (Å²) < 4.78 is 46.7. The van der Waals surface area contributed by atoms with Crippen molar-refractivity contribution < 1.29 is 31.9 Å². The van der Waals surface area contributed by atoms with E-state index in [1.54, 1.807) is 24.3 Å². The minimum absolute atomic E-state index is 0.00393. The van der Waals surface area contributed by atoms with Crippen molar-refractivity contribution in [1.29, 1.82) is 0 Å². The van der Waals surface area contributed by atoms with Crippen molar-refractivity contribution in [2.75, 3.05) is 24.4 Å². The zero-order valence-corrected chi connectivity index (χ0v) is 17.4. The van der Waals surface area contributed by atoms with Gasteiger partial charge in [-0.15, -0.1) is 0 Å². The van der Waals surface area contributed by atoms with E-state index in [0.29, 0.717) is 0 Å². The number of benzene rings is 2. The number of sulfone groups is 1. The smallest absolute Gasteiger partial charge is 0.408 e. The lowest BCUT2D eigenvalue weighted by Crippen LogP contribution is -2.45. The van der Waals surface area contributed by atoms with Crippen molar-refractivity contribution in [1.82, 2.24) is 5.32 Å². The molecule has 0 saturated heterocycles. The van der Waals surface area contributed by atoms with E-state index in [9.17, 15) is 22.4 Å². The van der Waals surface area contributed by atoms with Gasteiger partial charge in [-0.1, -0.05) is 30.3 Å². The minimum Gasteiger partial charge on any atom is -0.494 e. The molecule has 2 aromatic carbocycles. The zero-order valence-electron chi connectivity index (χ0n) is 16.6.